The molecule has 1 fully saturated rings. The second-order valence-corrected chi connectivity index (χ2v) is 7.59. The zero-order valence-corrected chi connectivity index (χ0v) is 17.1. The minimum atomic E-state index is 0.00179. The van der Waals surface area contributed by atoms with E-state index in [1.807, 2.05) is 31.0 Å². The van der Waals surface area contributed by atoms with Crippen LogP contribution in [0.15, 0.2) is 36.7 Å². The Balaban J connectivity index is 1.40. The first kappa shape index (κ1) is 20.3. The number of rotatable bonds is 7. The van der Waals surface area contributed by atoms with Crippen LogP contribution in [0, 0.1) is 12.8 Å². The Morgan fingerprint density at radius 2 is 1.82 bits per heavy atom. The van der Waals surface area contributed by atoms with E-state index >= 15 is 0 Å². The lowest BCUT2D eigenvalue weighted by molar-refractivity contribution is 0.0739. The van der Waals surface area contributed by atoms with Gasteiger partial charge in [0.25, 0.3) is 5.91 Å². The van der Waals surface area contributed by atoms with Crippen LogP contribution in [0.25, 0.3) is 0 Å². The quantitative estimate of drug-likeness (QED) is 0.737. The lowest BCUT2D eigenvalue weighted by Gasteiger charge is -2.34. The molecule has 3 rings (SSSR count). The van der Waals surface area contributed by atoms with Gasteiger partial charge in [0.2, 0.25) is 0 Å². The Morgan fingerprint density at radius 1 is 1.18 bits per heavy atom. The first-order chi connectivity index (χ1) is 13.5. The Hall–Kier alpha value is -2.47. The normalized spacial score (nSPS) is 15.4. The molecule has 1 aliphatic heterocycles. The molecular weight excluding hydrogens is 352 g/mol. The number of nitrogens with zero attached hydrogens (tertiary/aromatic N) is 4. The zero-order chi connectivity index (χ0) is 19.9. The van der Waals surface area contributed by atoms with Crippen LogP contribution < -0.4 is 4.74 Å². The van der Waals surface area contributed by atoms with Crippen LogP contribution in [0.3, 0.4) is 0 Å². The lowest BCUT2D eigenvalue weighted by atomic mass is 9.95. The number of benzene rings is 1. The Bertz CT molecular complexity index is 753. The van der Waals surface area contributed by atoms with E-state index in [4.69, 9.17) is 4.74 Å². The molecule has 1 saturated heterocycles. The van der Waals surface area contributed by atoms with Crippen molar-refractivity contribution in [1.82, 2.24) is 19.8 Å². The summed E-state index contributed by atoms with van der Waals surface area (Å²) in [7, 11) is 3.57. The number of amides is 1. The molecule has 0 aliphatic carbocycles. The third-order valence-corrected chi connectivity index (χ3v) is 5.49. The van der Waals surface area contributed by atoms with Crippen molar-refractivity contribution in [2.24, 2.45) is 5.92 Å². The number of hydrogen-bond acceptors (Lipinski definition) is 5. The number of piperidine rings is 1. The number of likely N-dealkylation sites (tertiary alicyclic amines) is 1. The summed E-state index contributed by atoms with van der Waals surface area (Å²) in [6.07, 6.45) is 6.54. The summed E-state index contributed by atoms with van der Waals surface area (Å²) < 4.78 is 5.21. The molecule has 2 heterocycles. The highest BCUT2D eigenvalue weighted by Crippen LogP contribution is 2.19. The predicted molar refractivity (Wildman–Crippen MR) is 110 cm³/mol. The topological polar surface area (TPSA) is 58.6 Å². The van der Waals surface area contributed by atoms with Gasteiger partial charge in [0, 0.05) is 32.5 Å². The number of carbonyl (C=O) groups excluding carboxylic acids is 1. The number of ether oxygens (including phenoxy) is 1. The van der Waals surface area contributed by atoms with E-state index < -0.39 is 0 Å². The van der Waals surface area contributed by atoms with Crippen molar-refractivity contribution < 1.29 is 9.53 Å². The molecule has 0 atom stereocenters. The average molecular weight is 383 g/mol. The zero-order valence-electron chi connectivity index (χ0n) is 17.1. The average Bonchev–Trinajstić information content (AvgIpc) is 2.73. The molecule has 0 saturated carbocycles. The second kappa shape index (κ2) is 9.64. The molecule has 0 radical (unpaired) electrons. The van der Waals surface area contributed by atoms with Gasteiger partial charge in [-0.3, -0.25) is 4.79 Å². The van der Waals surface area contributed by atoms with Crippen molar-refractivity contribution in [3.63, 3.8) is 0 Å². The van der Waals surface area contributed by atoms with E-state index in [0.29, 0.717) is 17.3 Å². The third-order valence-electron chi connectivity index (χ3n) is 5.49. The fourth-order valence-electron chi connectivity index (χ4n) is 3.67. The van der Waals surface area contributed by atoms with Crippen molar-refractivity contribution in [2.45, 2.75) is 26.2 Å². The van der Waals surface area contributed by atoms with E-state index in [0.717, 1.165) is 51.2 Å². The predicted octanol–water partition coefficient (Wildman–Crippen LogP) is 2.82. The fourth-order valence-corrected chi connectivity index (χ4v) is 3.67. The maximum absolute atomic E-state index is 12.5. The van der Waals surface area contributed by atoms with Crippen molar-refractivity contribution in [2.75, 3.05) is 40.3 Å². The smallest absolute Gasteiger partial charge is 0.256 e. The minimum Gasteiger partial charge on any atom is -0.497 e. The van der Waals surface area contributed by atoms with Crippen LogP contribution in [0.2, 0.25) is 0 Å². The van der Waals surface area contributed by atoms with Crippen molar-refractivity contribution in [3.8, 4) is 5.75 Å². The summed E-state index contributed by atoms with van der Waals surface area (Å²) >= 11 is 0. The lowest BCUT2D eigenvalue weighted by Crippen LogP contribution is -2.40. The van der Waals surface area contributed by atoms with E-state index in [1.165, 1.54) is 5.56 Å². The molecule has 2 aromatic rings. The van der Waals surface area contributed by atoms with Gasteiger partial charge in [-0.2, -0.15) is 0 Å². The minimum absolute atomic E-state index is 0.00179. The summed E-state index contributed by atoms with van der Waals surface area (Å²) in [5, 5.41) is 0. The van der Waals surface area contributed by atoms with Gasteiger partial charge in [0.1, 0.15) is 11.6 Å². The summed E-state index contributed by atoms with van der Waals surface area (Å²) in [5.74, 6) is 2.14. The molecule has 6 heteroatoms. The number of aryl methyl sites for hydroxylation is 1. The van der Waals surface area contributed by atoms with Crippen molar-refractivity contribution in [1.29, 1.82) is 0 Å². The van der Waals surface area contributed by atoms with Gasteiger partial charge in [-0.25, -0.2) is 9.97 Å². The summed E-state index contributed by atoms with van der Waals surface area (Å²) in [5.41, 5.74) is 1.90. The van der Waals surface area contributed by atoms with Crippen LogP contribution in [0.5, 0.6) is 5.75 Å². The molecule has 6 nitrogen and oxygen atoms in total. The maximum atomic E-state index is 12.5. The molecule has 0 bridgehead atoms. The van der Waals surface area contributed by atoms with Gasteiger partial charge in [-0.15, -0.1) is 0 Å². The molecule has 0 spiro atoms. The molecule has 1 aromatic heterocycles. The van der Waals surface area contributed by atoms with Gasteiger partial charge in [0.05, 0.1) is 12.7 Å². The highest BCUT2D eigenvalue weighted by atomic mass is 16.5. The highest BCUT2D eigenvalue weighted by Gasteiger charge is 2.22. The first-order valence-electron chi connectivity index (χ1n) is 9.94. The summed E-state index contributed by atoms with van der Waals surface area (Å²) in [6, 6.07) is 8.32. The van der Waals surface area contributed by atoms with Gasteiger partial charge in [-0.1, -0.05) is 12.1 Å². The summed E-state index contributed by atoms with van der Waals surface area (Å²) in [6.45, 7) is 5.88. The Kier molecular flexibility index (Phi) is 6.98. The second-order valence-electron chi connectivity index (χ2n) is 7.59. The number of methoxy groups -OCH3 is 1. The summed E-state index contributed by atoms with van der Waals surface area (Å²) in [4.78, 5) is 25.1. The van der Waals surface area contributed by atoms with Gasteiger partial charge in [-0.05, 0) is 62.9 Å². The van der Waals surface area contributed by atoms with Crippen molar-refractivity contribution >= 4 is 5.91 Å². The molecule has 0 N–H and O–H groups in total. The SMILES string of the molecule is COc1ccc(CCN2CCC(CN(C)C(=O)c3cnc(C)nc3)CC2)cc1. The molecule has 1 amide bonds. The monoisotopic (exact) mass is 382 g/mol. The largest absolute Gasteiger partial charge is 0.497 e. The van der Waals surface area contributed by atoms with E-state index in [1.54, 1.807) is 19.5 Å². The van der Waals surface area contributed by atoms with E-state index in [-0.39, 0.29) is 5.91 Å². The maximum Gasteiger partial charge on any atom is 0.256 e. The van der Waals surface area contributed by atoms with Crippen LogP contribution >= 0.6 is 0 Å². The van der Waals surface area contributed by atoms with E-state index in [9.17, 15) is 4.79 Å². The van der Waals surface area contributed by atoms with Crippen LogP contribution in [-0.2, 0) is 6.42 Å². The Labute approximate surface area is 167 Å². The van der Waals surface area contributed by atoms with E-state index in [2.05, 4.69) is 27.0 Å². The third kappa shape index (κ3) is 5.52. The Morgan fingerprint density at radius 3 is 2.43 bits per heavy atom. The number of hydrogen-bond donors (Lipinski definition) is 0. The van der Waals surface area contributed by atoms with Gasteiger partial charge < -0.3 is 14.5 Å². The highest BCUT2D eigenvalue weighted by molar-refractivity contribution is 5.93. The fraction of sp³-hybridized carbons (Fsp3) is 0.500. The van der Waals surface area contributed by atoms with Crippen LogP contribution in [0.1, 0.15) is 34.6 Å². The first-order valence-corrected chi connectivity index (χ1v) is 9.94. The molecule has 0 unspecified atom stereocenters. The molecule has 1 aromatic carbocycles. The van der Waals surface area contributed by atoms with Crippen LogP contribution in [0.4, 0.5) is 0 Å². The molecule has 28 heavy (non-hydrogen) atoms. The number of carbonyl (C=O) groups is 1. The van der Waals surface area contributed by atoms with Crippen molar-refractivity contribution in [3.05, 3.63) is 53.6 Å². The number of aromatic nitrogens is 2. The molecule has 1 aliphatic rings. The van der Waals surface area contributed by atoms with Crippen LogP contribution in [-0.4, -0.2) is 66.0 Å². The van der Waals surface area contributed by atoms with Gasteiger partial charge >= 0.3 is 0 Å². The van der Waals surface area contributed by atoms with Gasteiger partial charge in [0.15, 0.2) is 0 Å². The standard InChI is InChI=1S/C22H30N4O2/c1-17-23-14-20(15-24-17)22(27)25(2)16-19-9-12-26(13-10-19)11-8-18-4-6-21(28-3)7-5-18/h4-7,14-15,19H,8-13,16H2,1-3H3. The molecule has 150 valence electrons. The molecular formula is C22H30N4O2.